The minimum Gasteiger partial charge on any atom is -0.444 e. The predicted molar refractivity (Wildman–Crippen MR) is 92.2 cm³/mol. The highest BCUT2D eigenvalue weighted by atomic mass is 16.6. The van der Waals surface area contributed by atoms with Crippen LogP contribution in [0.25, 0.3) is 0 Å². The van der Waals surface area contributed by atoms with Crippen LogP contribution in [0.5, 0.6) is 0 Å². The molecule has 4 nitrogen and oxygen atoms in total. The van der Waals surface area contributed by atoms with Crippen LogP contribution in [0.1, 0.15) is 79.1 Å². The van der Waals surface area contributed by atoms with E-state index >= 15 is 0 Å². The molecule has 4 heteroatoms. The Morgan fingerprint density at radius 1 is 1.14 bits per heavy atom. The molecular weight excluding hydrogens is 276 g/mol. The first kappa shape index (κ1) is 19.3. The molecule has 0 atom stereocenters. The molecule has 1 N–H and O–H groups in total. The maximum Gasteiger partial charge on any atom is 0.410 e. The summed E-state index contributed by atoms with van der Waals surface area (Å²) in [4.78, 5) is 14.5. The smallest absolute Gasteiger partial charge is 0.410 e. The number of nitrogens with one attached hydrogen (secondary N) is 1. The first-order chi connectivity index (χ1) is 10.4. The lowest BCUT2D eigenvalue weighted by atomic mass is 10.1. The molecule has 130 valence electrons. The number of unbranched alkanes of at least 4 members (excludes halogenated alkanes) is 1. The lowest BCUT2D eigenvalue weighted by Gasteiger charge is -2.33. The molecule has 0 aromatic heterocycles. The molecular formula is C18H36N2O2. The number of rotatable bonds is 7. The van der Waals surface area contributed by atoms with Gasteiger partial charge in [-0.25, -0.2) is 4.79 Å². The van der Waals surface area contributed by atoms with E-state index in [1.165, 1.54) is 38.5 Å². The molecule has 1 saturated carbocycles. The quantitative estimate of drug-likeness (QED) is 0.562. The van der Waals surface area contributed by atoms with Crippen LogP contribution in [-0.4, -0.2) is 42.3 Å². The van der Waals surface area contributed by atoms with Gasteiger partial charge in [-0.15, -0.1) is 0 Å². The van der Waals surface area contributed by atoms with Gasteiger partial charge in [0.05, 0.1) is 0 Å². The van der Waals surface area contributed by atoms with E-state index in [1.54, 1.807) is 0 Å². The van der Waals surface area contributed by atoms with Crippen LogP contribution in [0.2, 0.25) is 0 Å². The Labute approximate surface area is 137 Å². The molecule has 0 aromatic carbocycles. The monoisotopic (exact) mass is 312 g/mol. The third kappa shape index (κ3) is 8.02. The van der Waals surface area contributed by atoms with Gasteiger partial charge < -0.3 is 15.0 Å². The Morgan fingerprint density at radius 3 is 2.32 bits per heavy atom. The average molecular weight is 312 g/mol. The normalized spacial score (nSPS) is 17.1. The van der Waals surface area contributed by atoms with Crippen LogP contribution in [0.15, 0.2) is 0 Å². The lowest BCUT2D eigenvalue weighted by Crippen LogP contribution is -2.46. The molecule has 1 aliphatic carbocycles. The molecule has 1 rings (SSSR count). The van der Waals surface area contributed by atoms with Crippen molar-refractivity contribution in [1.29, 1.82) is 0 Å². The highest BCUT2D eigenvalue weighted by Gasteiger charge is 2.28. The highest BCUT2D eigenvalue weighted by Crippen LogP contribution is 2.23. The molecule has 22 heavy (non-hydrogen) atoms. The fourth-order valence-electron chi connectivity index (χ4n) is 2.94. The Hall–Kier alpha value is -0.770. The Balaban J connectivity index is 2.56. The van der Waals surface area contributed by atoms with Crippen molar-refractivity contribution in [3.8, 4) is 0 Å². The zero-order valence-corrected chi connectivity index (χ0v) is 15.1. The fraction of sp³-hybridized carbons (Fsp3) is 0.944. The van der Waals surface area contributed by atoms with Crippen molar-refractivity contribution in [2.75, 3.05) is 19.6 Å². The Morgan fingerprint density at radius 2 is 1.77 bits per heavy atom. The van der Waals surface area contributed by atoms with Crippen LogP contribution < -0.4 is 5.32 Å². The van der Waals surface area contributed by atoms with Crippen molar-refractivity contribution in [3.05, 3.63) is 0 Å². The SMILES string of the molecule is CCCCNCCN(C(=O)OC(C)(C)C)C1CCCCCC1. The largest absolute Gasteiger partial charge is 0.444 e. The van der Waals surface area contributed by atoms with Crippen LogP contribution >= 0.6 is 0 Å². The number of hydrogen-bond acceptors (Lipinski definition) is 3. The van der Waals surface area contributed by atoms with Gasteiger partial charge >= 0.3 is 6.09 Å². The van der Waals surface area contributed by atoms with Crippen molar-refractivity contribution in [2.24, 2.45) is 0 Å². The molecule has 0 aliphatic heterocycles. The summed E-state index contributed by atoms with van der Waals surface area (Å²) in [5.41, 5.74) is -0.421. The van der Waals surface area contributed by atoms with Crippen molar-refractivity contribution in [2.45, 2.75) is 90.7 Å². The zero-order valence-electron chi connectivity index (χ0n) is 15.1. The van der Waals surface area contributed by atoms with Gasteiger partial charge in [0, 0.05) is 19.1 Å². The van der Waals surface area contributed by atoms with E-state index in [-0.39, 0.29) is 6.09 Å². The summed E-state index contributed by atoms with van der Waals surface area (Å²) in [7, 11) is 0. The standard InChI is InChI=1S/C18H36N2O2/c1-5-6-13-19-14-15-20(17(21)22-18(2,3)4)16-11-9-7-8-10-12-16/h16,19H,5-15H2,1-4H3. The van der Waals surface area contributed by atoms with E-state index in [1.807, 2.05) is 25.7 Å². The third-order valence-corrected chi connectivity index (χ3v) is 4.13. The first-order valence-electron chi connectivity index (χ1n) is 9.14. The summed E-state index contributed by atoms with van der Waals surface area (Å²) in [6.45, 7) is 10.7. The number of carbonyl (C=O) groups excluding carboxylic acids is 1. The maximum atomic E-state index is 12.6. The molecule has 0 radical (unpaired) electrons. The second-order valence-electron chi connectivity index (χ2n) is 7.42. The highest BCUT2D eigenvalue weighted by molar-refractivity contribution is 5.68. The molecule has 0 saturated heterocycles. The van der Waals surface area contributed by atoms with Crippen molar-refractivity contribution >= 4 is 6.09 Å². The summed E-state index contributed by atoms with van der Waals surface area (Å²) < 4.78 is 5.63. The molecule has 0 bridgehead atoms. The van der Waals surface area contributed by atoms with E-state index in [9.17, 15) is 4.79 Å². The molecule has 1 aliphatic rings. The van der Waals surface area contributed by atoms with Crippen LogP contribution in [0.4, 0.5) is 4.79 Å². The lowest BCUT2D eigenvalue weighted by molar-refractivity contribution is 0.0147. The maximum absolute atomic E-state index is 12.6. The molecule has 0 heterocycles. The van der Waals surface area contributed by atoms with Crippen LogP contribution in [0, 0.1) is 0 Å². The van der Waals surface area contributed by atoms with Gasteiger partial charge in [-0.3, -0.25) is 0 Å². The molecule has 0 spiro atoms. The van der Waals surface area contributed by atoms with Gasteiger partial charge in [0.2, 0.25) is 0 Å². The van der Waals surface area contributed by atoms with E-state index in [0.717, 1.165) is 32.5 Å². The molecule has 0 aromatic rings. The topological polar surface area (TPSA) is 41.6 Å². The molecule has 1 fully saturated rings. The van der Waals surface area contributed by atoms with E-state index in [4.69, 9.17) is 4.74 Å². The summed E-state index contributed by atoms with van der Waals surface area (Å²) in [6.07, 6.45) is 9.54. The van der Waals surface area contributed by atoms with Gasteiger partial charge in [-0.2, -0.15) is 0 Å². The minimum atomic E-state index is -0.421. The summed E-state index contributed by atoms with van der Waals surface area (Å²) in [6, 6.07) is 0.352. The predicted octanol–water partition coefficient (Wildman–Crippen LogP) is 4.34. The van der Waals surface area contributed by atoms with E-state index < -0.39 is 5.60 Å². The second-order valence-corrected chi connectivity index (χ2v) is 7.42. The second kappa shape index (κ2) is 10.1. The van der Waals surface area contributed by atoms with Crippen molar-refractivity contribution in [3.63, 3.8) is 0 Å². The fourth-order valence-corrected chi connectivity index (χ4v) is 2.94. The van der Waals surface area contributed by atoms with Gasteiger partial charge in [0.15, 0.2) is 0 Å². The number of hydrogen-bond donors (Lipinski definition) is 1. The van der Waals surface area contributed by atoms with Crippen molar-refractivity contribution in [1.82, 2.24) is 10.2 Å². The molecule has 1 amide bonds. The average Bonchev–Trinajstić information content (AvgIpc) is 2.69. The number of nitrogens with zero attached hydrogens (tertiary/aromatic N) is 1. The minimum absolute atomic E-state index is 0.142. The van der Waals surface area contributed by atoms with Crippen LogP contribution in [-0.2, 0) is 4.74 Å². The van der Waals surface area contributed by atoms with E-state index in [0.29, 0.717) is 6.04 Å². The van der Waals surface area contributed by atoms with Gasteiger partial charge in [-0.1, -0.05) is 39.0 Å². The van der Waals surface area contributed by atoms with Gasteiger partial charge in [0.1, 0.15) is 5.60 Å². The van der Waals surface area contributed by atoms with Crippen molar-refractivity contribution < 1.29 is 9.53 Å². The first-order valence-corrected chi connectivity index (χ1v) is 9.14. The van der Waals surface area contributed by atoms with E-state index in [2.05, 4.69) is 12.2 Å². The number of ether oxygens (including phenoxy) is 1. The number of carbonyl (C=O) groups is 1. The summed E-state index contributed by atoms with van der Waals surface area (Å²) in [5.74, 6) is 0. The van der Waals surface area contributed by atoms with Gasteiger partial charge in [0.25, 0.3) is 0 Å². The zero-order chi connectivity index (χ0) is 16.4. The van der Waals surface area contributed by atoms with Gasteiger partial charge in [-0.05, 0) is 46.6 Å². The number of amides is 1. The summed E-state index contributed by atoms with van der Waals surface area (Å²) >= 11 is 0. The summed E-state index contributed by atoms with van der Waals surface area (Å²) in [5, 5.41) is 3.44. The third-order valence-electron chi connectivity index (χ3n) is 4.13. The Kier molecular flexibility index (Phi) is 8.84. The molecule has 0 unspecified atom stereocenters. The van der Waals surface area contributed by atoms with Crippen LogP contribution in [0.3, 0.4) is 0 Å². The Bertz CT molecular complexity index is 305.